The van der Waals surface area contributed by atoms with Gasteiger partial charge in [-0.05, 0) is 6.42 Å². The van der Waals surface area contributed by atoms with E-state index in [9.17, 15) is 4.79 Å². The van der Waals surface area contributed by atoms with Crippen LogP contribution in [0.4, 0.5) is 0 Å². The van der Waals surface area contributed by atoms with Crippen molar-refractivity contribution in [3.05, 3.63) is 0 Å². The molecular formula is C6H11NOS. The number of unbranched alkanes of at least 4 members (excludes halogenated alkanes) is 2. The summed E-state index contributed by atoms with van der Waals surface area (Å²) in [6.45, 7) is 2.09. The van der Waals surface area contributed by atoms with Gasteiger partial charge in [0.1, 0.15) is 0 Å². The van der Waals surface area contributed by atoms with Gasteiger partial charge in [-0.1, -0.05) is 19.8 Å². The van der Waals surface area contributed by atoms with Crippen LogP contribution in [0.15, 0.2) is 4.36 Å². The number of carbonyl (C=O) groups excluding carboxylic acids is 1. The van der Waals surface area contributed by atoms with E-state index in [0.717, 1.165) is 19.3 Å². The fraction of sp³-hybridized carbons (Fsp3) is 0.833. The fourth-order valence-electron chi connectivity index (χ4n) is 0.572. The van der Waals surface area contributed by atoms with Crippen molar-refractivity contribution < 1.29 is 4.79 Å². The molecule has 1 amide bonds. The monoisotopic (exact) mass is 145 g/mol. The molecular weight excluding hydrogens is 134 g/mol. The number of hydrogen-bond donors (Lipinski definition) is 0. The highest BCUT2D eigenvalue weighted by Crippen LogP contribution is 1.99. The van der Waals surface area contributed by atoms with Crippen molar-refractivity contribution in [3.63, 3.8) is 0 Å². The Kier molecular flexibility index (Phi) is 5.62. The van der Waals surface area contributed by atoms with Crippen LogP contribution >= 0.6 is 0 Å². The highest BCUT2D eigenvalue weighted by atomic mass is 32.1. The number of hydrogen-bond acceptors (Lipinski definition) is 2. The second-order valence-corrected chi connectivity index (χ2v) is 2.12. The zero-order valence-corrected chi connectivity index (χ0v) is 6.41. The molecule has 0 spiro atoms. The van der Waals surface area contributed by atoms with E-state index in [0.29, 0.717) is 6.42 Å². The summed E-state index contributed by atoms with van der Waals surface area (Å²) in [4.78, 5) is 10.4. The first-order valence-corrected chi connectivity index (χ1v) is 3.54. The molecule has 0 aliphatic carbocycles. The Labute approximate surface area is 60.8 Å². The molecule has 0 rings (SSSR count). The van der Waals surface area contributed by atoms with Gasteiger partial charge in [0.2, 0.25) is 0 Å². The molecule has 0 aliphatic heterocycles. The summed E-state index contributed by atoms with van der Waals surface area (Å²) in [5, 5.41) is 0. The second-order valence-electron chi connectivity index (χ2n) is 1.94. The van der Waals surface area contributed by atoms with E-state index in [1.807, 2.05) is 0 Å². The van der Waals surface area contributed by atoms with Crippen LogP contribution < -0.4 is 0 Å². The van der Waals surface area contributed by atoms with Crippen molar-refractivity contribution in [3.8, 4) is 0 Å². The molecule has 0 saturated heterocycles. The first-order valence-electron chi connectivity index (χ1n) is 3.17. The highest BCUT2D eigenvalue weighted by Gasteiger charge is 1.95. The van der Waals surface area contributed by atoms with Crippen LogP contribution in [0.3, 0.4) is 0 Å². The number of carbonyl (C=O) groups is 1. The van der Waals surface area contributed by atoms with Gasteiger partial charge in [-0.15, -0.1) is 4.36 Å². The maximum Gasteiger partial charge on any atom is 0.256 e. The molecule has 0 aliphatic rings. The normalized spacial score (nSPS) is 9.00. The molecule has 0 aromatic rings. The Morgan fingerprint density at radius 2 is 2.22 bits per heavy atom. The van der Waals surface area contributed by atoms with E-state index in [1.54, 1.807) is 0 Å². The Hall–Kier alpha value is -0.310. The van der Waals surface area contributed by atoms with Crippen molar-refractivity contribution >= 4 is 18.3 Å². The van der Waals surface area contributed by atoms with Gasteiger partial charge >= 0.3 is 0 Å². The van der Waals surface area contributed by atoms with E-state index in [2.05, 4.69) is 23.7 Å². The lowest BCUT2D eigenvalue weighted by Gasteiger charge is -1.90. The minimum atomic E-state index is -0.154. The molecule has 0 radical (unpaired) electrons. The van der Waals surface area contributed by atoms with Crippen LogP contribution in [-0.4, -0.2) is 5.91 Å². The number of rotatable bonds is 4. The minimum Gasteiger partial charge on any atom is -0.272 e. The summed E-state index contributed by atoms with van der Waals surface area (Å²) in [6.07, 6.45) is 3.67. The standard InChI is InChI=1S/C6H11NOS/c1-2-3-4-5-6(8)7-9/h2-5H2,1H3. The Balaban J connectivity index is 3.07. The zero-order valence-electron chi connectivity index (χ0n) is 5.59. The van der Waals surface area contributed by atoms with E-state index < -0.39 is 0 Å². The first-order chi connectivity index (χ1) is 4.31. The lowest BCUT2D eigenvalue weighted by molar-refractivity contribution is -0.117. The fourth-order valence-corrected chi connectivity index (χ4v) is 0.663. The minimum absolute atomic E-state index is 0.154. The topological polar surface area (TPSA) is 29.4 Å². The smallest absolute Gasteiger partial charge is 0.256 e. The summed E-state index contributed by atoms with van der Waals surface area (Å²) < 4.78 is 3.10. The van der Waals surface area contributed by atoms with E-state index >= 15 is 0 Å². The Bertz CT molecular complexity index is 103. The molecule has 0 atom stereocenters. The van der Waals surface area contributed by atoms with Gasteiger partial charge in [-0.3, -0.25) is 4.79 Å². The van der Waals surface area contributed by atoms with Crippen LogP contribution in [0.5, 0.6) is 0 Å². The molecule has 0 aromatic heterocycles. The maximum atomic E-state index is 10.4. The van der Waals surface area contributed by atoms with Crippen molar-refractivity contribution in [2.75, 3.05) is 0 Å². The lowest BCUT2D eigenvalue weighted by atomic mass is 10.2. The molecule has 0 saturated carbocycles. The number of nitrogens with zero attached hydrogens (tertiary/aromatic N) is 1. The van der Waals surface area contributed by atoms with Gasteiger partial charge in [0.05, 0.1) is 0 Å². The molecule has 9 heavy (non-hydrogen) atoms. The van der Waals surface area contributed by atoms with Gasteiger partial charge < -0.3 is 0 Å². The van der Waals surface area contributed by atoms with E-state index in [-0.39, 0.29) is 5.91 Å². The van der Waals surface area contributed by atoms with Crippen molar-refractivity contribution in [2.24, 2.45) is 4.36 Å². The molecule has 0 unspecified atom stereocenters. The van der Waals surface area contributed by atoms with Gasteiger partial charge in [-0.2, -0.15) is 0 Å². The lowest BCUT2D eigenvalue weighted by Crippen LogP contribution is -1.89. The van der Waals surface area contributed by atoms with Crippen molar-refractivity contribution in [1.82, 2.24) is 0 Å². The van der Waals surface area contributed by atoms with E-state index in [4.69, 9.17) is 0 Å². The Morgan fingerprint density at radius 3 is 2.67 bits per heavy atom. The van der Waals surface area contributed by atoms with E-state index in [1.165, 1.54) is 0 Å². The highest BCUT2D eigenvalue weighted by molar-refractivity contribution is 7.47. The maximum absolute atomic E-state index is 10.4. The summed E-state index contributed by atoms with van der Waals surface area (Å²) in [7, 11) is 0. The molecule has 0 bridgehead atoms. The van der Waals surface area contributed by atoms with Crippen molar-refractivity contribution in [1.29, 1.82) is 0 Å². The summed E-state index contributed by atoms with van der Waals surface area (Å²) in [5.41, 5.74) is 0. The molecule has 52 valence electrons. The molecule has 2 nitrogen and oxygen atoms in total. The zero-order chi connectivity index (χ0) is 7.11. The third-order valence-corrected chi connectivity index (χ3v) is 1.30. The summed E-state index contributed by atoms with van der Waals surface area (Å²) in [5.74, 6) is -0.154. The predicted molar refractivity (Wildman–Crippen MR) is 38.9 cm³/mol. The summed E-state index contributed by atoms with van der Waals surface area (Å²) >= 11 is 4.20. The SMILES string of the molecule is CCCCCC(=O)N=S. The molecule has 0 N–H and O–H groups in total. The van der Waals surface area contributed by atoms with Gasteiger partial charge in [0.25, 0.3) is 5.91 Å². The third-order valence-electron chi connectivity index (χ3n) is 1.10. The molecule has 0 fully saturated rings. The van der Waals surface area contributed by atoms with Crippen LogP contribution in [0.25, 0.3) is 0 Å². The third kappa shape index (κ3) is 5.56. The van der Waals surface area contributed by atoms with Crippen LogP contribution in [0, 0.1) is 0 Å². The van der Waals surface area contributed by atoms with Gasteiger partial charge in [0.15, 0.2) is 0 Å². The van der Waals surface area contributed by atoms with Crippen molar-refractivity contribution in [2.45, 2.75) is 32.6 Å². The predicted octanol–water partition coefficient (Wildman–Crippen LogP) is 1.82. The first kappa shape index (κ1) is 8.69. The number of amides is 1. The van der Waals surface area contributed by atoms with Crippen LogP contribution in [-0.2, 0) is 17.2 Å². The molecule has 0 aromatic carbocycles. The van der Waals surface area contributed by atoms with Crippen LogP contribution in [0.2, 0.25) is 0 Å². The quantitative estimate of drug-likeness (QED) is 0.565. The average molecular weight is 145 g/mol. The summed E-state index contributed by atoms with van der Waals surface area (Å²) in [6, 6.07) is 0. The van der Waals surface area contributed by atoms with Gasteiger partial charge in [-0.25, -0.2) is 0 Å². The molecule has 0 heterocycles. The largest absolute Gasteiger partial charge is 0.272 e. The average Bonchev–Trinajstić information content (AvgIpc) is 1.89. The van der Waals surface area contributed by atoms with Gasteiger partial charge in [0, 0.05) is 18.8 Å². The molecule has 3 heteroatoms. The van der Waals surface area contributed by atoms with Crippen LogP contribution in [0.1, 0.15) is 32.6 Å². The Morgan fingerprint density at radius 1 is 1.56 bits per heavy atom. The second kappa shape index (κ2) is 5.82.